The Hall–Kier alpha value is -1.59. The van der Waals surface area contributed by atoms with E-state index in [1.165, 1.54) is 11.3 Å². The number of para-hydroxylation sites is 1. The topological polar surface area (TPSA) is 45.4 Å². The van der Waals surface area contributed by atoms with Gasteiger partial charge in [0.1, 0.15) is 0 Å². The van der Waals surface area contributed by atoms with Crippen LogP contribution in [0.2, 0.25) is 0 Å². The monoisotopic (exact) mass is 288 g/mol. The summed E-state index contributed by atoms with van der Waals surface area (Å²) in [5.41, 5.74) is 8.59. The van der Waals surface area contributed by atoms with E-state index in [-0.39, 0.29) is 6.04 Å². The van der Waals surface area contributed by atoms with Gasteiger partial charge in [0.2, 0.25) is 0 Å². The lowest BCUT2D eigenvalue weighted by Gasteiger charge is -2.37. The van der Waals surface area contributed by atoms with Gasteiger partial charge in [0.05, 0.1) is 0 Å². The second kappa shape index (κ2) is 5.81. The molecular formula is C15H20N4S. The number of nitrogens with two attached hydrogens (primary N) is 1. The van der Waals surface area contributed by atoms with Crippen molar-refractivity contribution in [3.8, 4) is 0 Å². The van der Waals surface area contributed by atoms with Gasteiger partial charge >= 0.3 is 0 Å². The maximum Gasteiger partial charge on any atom is 0.185 e. The zero-order chi connectivity index (χ0) is 13.9. The first-order valence-electron chi connectivity index (χ1n) is 6.99. The number of aromatic nitrogens is 1. The molecule has 0 saturated carbocycles. The van der Waals surface area contributed by atoms with Crippen LogP contribution >= 0.6 is 11.3 Å². The van der Waals surface area contributed by atoms with Crippen LogP contribution in [0, 0.1) is 0 Å². The van der Waals surface area contributed by atoms with Crippen molar-refractivity contribution >= 4 is 22.2 Å². The maximum absolute atomic E-state index is 6.08. The standard InChI is InChI=1S/C15H20N4S/c1-12(16)13-4-2-3-5-14(13)18-7-9-19(10-8-18)15-17-6-11-20-15/h2-6,11-12H,7-10,16H2,1H3. The van der Waals surface area contributed by atoms with E-state index in [1.807, 2.05) is 18.5 Å². The highest BCUT2D eigenvalue weighted by Crippen LogP contribution is 2.27. The number of rotatable bonds is 3. The molecule has 1 unspecified atom stereocenters. The normalized spacial score (nSPS) is 17.3. The second-order valence-electron chi connectivity index (χ2n) is 5.14. The van der Waals surface area contributed by atoms with Crippen LogP contribution in [0.5, 0.6) is 0 Å². The lowest BCUT2D eigenvalue weighted by atomic mass is 10.1. The van der Waals surface area contributed by atoms with Crippen LogP contribution in [-0.4, -0.2) is 31.2 Å². The molecule has 0 bridgehead atoms. The third-order valence-electron chi connectivity index (χ3n) is 3.74. The van der Waals surface area contributed by atoms with Crippen molar-refractivity contribution in [3.63, 3.8) is 0 Å². The van der Waals surface area contributed by atoms with Crippen LogP contribution in [0.3, 0.4) is 0 Å². The molecule has 4 nitrogen and oxygen atoms in total. The van der Waals surface area contributed by atoms with Gasteiger partial charge in [-0.3, -0.25) is 0 Å². The zero-order valence-corrected chi connectivity index (χ0v) is 12.5. The van der Waals surface area contributed by atoms with Gasteiger partial charge in [-0.05, 0) is 18.6 Å². The van der Waals surface area contributed by atoms with Crippen LogP contribution < -0.4 is 15.5 Å². The fourth-order valence-corrected chi connectivity index (χ4v) is 3.37. The zero-order valence-electron chi connectivity index (χ0n) is 11.7. The molecule has 1 aliphatic heterocycles. The number of hydrogen-bond acceptors (Lipinski definition) is 5. The van der Waals surface area contributed by atoms with Crippen LogP contribution in [0.4, 0.5) is 10.8 Å². The molecule has 1 saturated heterocycles. The minimum atomic E-state index is 0.0724. The third kappa shape index (κ3) is 2.64. The van der Waals surface area contributed by atoms with Crippen molar-refractivity contribution in [1.29, 1.82) is 0 Å². The average molecular weight is 288 g/mol. The molecule has 0 amide bonds. The summed E-state index contributed by atoms with van der Waals surface area (Å²) in [4.78, 5) is 9.18. The molecule has 0 radical (unpaired) electrons. The number of hydrogen-bond donors (Lipinski definition) is 1. The van der Waals surface area contributed by atoms with Gasteiger partial charge in [0, 0.05) is 49.5 Å². The van der Waals surface area contributed by atoms with Gasteiger partial charge in [-0.15, -0.1) is 11.3 Å². The predicted octanol–water partition coefficient (Wildman–Crippen LogP) is 2.49. The minimum Gasteiger partial charge on any atom is -0.368 e. The highest BCUT2D eigenvalue weighted by Gasteiger charge is 2.21. The van der Waals surface area contributed by atoms with Crippen molar-refractivity contribution in [1.82, 2.24) is 4.98 Å². The fourth-order valence-electron chi connectivity index (χ4n) is 2.67. The Labute approximate surface area is 123 Å². The Bertz CT molecular complexity index is 545. The van der Waals surface area contributed by atoms with Gasteiger partial charge in [0.15, 0.2) is 5.13 Å². The molecular weight excluding hydrogens is 268 g/mol. The number of benzene rings is 1. The van der Waals surface area contributed by atoms with E-state index in [4.69, 9.17) is 5.73 Å². The first kappa shape index (κ1) is 13.4. The van der Waals surface area contributed by atoms with Crippen molar-refractivity contribution in [3.05, 3.63) is 41.4 Å². The molecule has 5 heteroatoms. The molecule has 0 aliphatic carbocycles. The molecule has 1 aliphatic rings. The first-order valence-corrected chi connectivity index (χ1v) is 7.87. The molecule has 1 aromatic carbocycles. The Kier molecular flexibility index (Phi) is 3.89. The van der Waals surface area contributed by atoms with Crippen molar-refractivity contribution < 1.29 is 0 Å². The second-order valence-corrected chi connectivity index (χ2v) is 6.01. The van der Waals surface area contributed by atoms with E-state index in [0.717, 1.165) is 31.3 Å². The van der Waals surface area contributed by atoms with Crippen LogP contribution in [0.1, 0.15) is 18.5 Å². The SMILES string of the molecule is CC(N)c1ccccc1N1CCN(c2nccs2)CC1. The number of nitrogens with zero attached hydrogens (tertiary/aromatic N) is 3. The molecule has 1 fully saturated rings. The number of piperazine rings is 1. The number of anilines is 2. The lowest BCUT2D eigenvalue weighted by molar-refractivity contribution is 0.646. The summed E-state index contributed by atoms with van der Waals surface area (Å²) in [5, 5.41) is 3.16. The lowest BCUT2D eigenvalue weighted by Crippen LogP contribution is -2.47. The predicted molar refractivity (Wildman–Crippen MR) is 85.6 cm³/mol. The summed E-state index contributed by atoms with van der Waals surface area (Å²) in [6.07, 6.45) is 1.87. The van der Waals surface area contributed by atoms with Gasteiger partial charge in [-0.2, -0.15) is 0 Å². The highest BCUT2D eigenvalue weighted by atomic mass is 32.1. The summed E-state index contributed by atoms with van der Waals surface area (Å²) in [7, 11) is 0. The molecule has 2 N–H and O–H groups in total. The largest absolute Gasteiger partial charge is 0.368 e. The molecule has 1 atom stereocenters. The van der Waals surface area contributed by atoms with Crippen molar-refractivity contribution in [2.75, 3.05) is 36.0 Å². The maximum atomic E-state index is 6.08. The van der Waals surface area contributed by atoms with Gasteiger partial charge in [-0.1, -0.05) is 18.2 Å². The smallest absolute Gasteiger partial charge is 0.185 e. The van der Waals surface area contributed by atoms with Crippen molar-refractivity contribution in [2.45, 2.75) is 13.0 Å². The molecule has 106 valence electrons. The van der Waals surface area contributed by atoms with E-state index >= 15 is 0 Å². The Morgan fingerprint density at radius 1 is 1.15 bits per heavy atom. The summed E-state index contributed by atoms with van der Waals surface area (Å²) in [6.45, 7) is 6.11. The quantitative estimate of drug-likeness (QED) is 0.942. The van der Waals surface area contributed by atoms with Crippen molar-refractivity contribution in [2.24, 2.45) is 5.73 Å². The molecule has 0 spiro atoms. The van der Waals surface area contributed by atoms with E-state index in [9.17, 15) is 0 Å². The summed E-state index contributed by atoms with van der Waals surface area (Å²) >= 11 is 1.71. The van der Waals surface area contributed by atoms with Crippen LogP contribution in [0.15, 0.2) is 35.8 Å². The summed E-state index contributed by atoms with van der Waals surface area (Å²) in [6, 6.07) is 8.54. The fraction of sp³-hybridized carbons (Fsp3) is 0.400. The van der Waals surface area contributed by atoms with Gasteiger partial charge in [0.25, 0.3) is 0 Å². The number of thiazole rings is 1. The van der Waals surface area contributed by atoms with Crippen LogP contribution in [0.25, 0.3) is 0 Å². The first-order chi connectivity index (χ1) is 9.75. The molecule has 1 aromatic heterocycles. The Morgan fingerprint density at radius 3 is 2.50 bits per heavy atom. The van der Waals surface area contributed by atoms with E-state index in [2.05, 4.69) is 39.0 Å². The molecule has 20 heavy (non-hydrogen) atoms. The third-order valence-corrected chi connectivity index (χ3v) is 4.57. The summed E-state index contributed by atoms with van der Waals surface area (Å²) < 4.78 is 0. The molecule has 3 rings (SSSR count). The van der Waals surface area contributed by atoms with Gasteiger partial charge < -0.3 is 15.5 Å². The average Bonchev–Trinajstić information content (AvgIpc) is 3.02. The Morgan fingerprint density at radius 2 is 1.85 bits per heavy atom. The molecule has 2 heterocycles. The summed E-state index contributed by atoms with van der Waals surface area (Å²) in [5.74, 6) is 0. The van der Waals surface area contributed by atoms with Gasteiger partial charge in [-0.25, -0.2) is 4.98 Å². The highest BCUT2D eigenvalue weighted by molar-refractivity contribution is 7.13. The Balaban J connectivity index is 1.72. The van der Waals surface area contributed by atoms with Crippen LogP contribution in [-0.2, 0) is 0 Å². The molecule has 2 aromatic rings. The van der Waals surface area contributed by atoms with E-state index < -0.39 is 0 Å². The van der Waals surface area contributed by atoms with E-state index in [0.29, 0.717) is 0 Å². The van der Waals surface area contributed by atoms with E-state index in [1.54, 1.807) is 11.3 Å². The minimum absolute atomic E-state index is 0.0724.